The van der Waals surface area contributed by atoms with Crippen LogP contribution in [0.4, 0.5) is 0 Å². The van der Waals surface area contributed by atoms with E-state index in [0.29, 0.717) is 0 Å². The maximum Gasteiger partial charge on any atom is 0.0740 e. The molecule has 0 saturated heterocycles. The third-order valence-electron chi connectivity index (χ3n) is 4.59. The number of nitrogens with zero attached hydrogens (tertiary/aromatic N) is 1. The van der Waals surface area contributed by atoms with Gasteiger partial charge < -0.3 is 0 Å². The lowest BCUT2D eigenvalue weighted by Gasteiger charge is -2.17. The summed E-state index contributed by atoms with van der Waals surface area (Å²) >= 11 is 0. The molecule has 0 radical (unpaired) electrons. The largest absolute Gasteiger partial charge is 0.253 e. The zero-order chi connectivity index (χ0) is 16.6. The van der Waals surface area contributed by atoms with Crippen molar-refractivity contribution in [1.82, 2.24) is 4.98 Å². The molecule has 1 aromatic heterocycles. The first kappa shape index (κ1) is 15.5. The molecule has 0 N–H and O–H groups in total. The SMILES string of the molecule is Cc1ccc(-c2nc(C)c(C)c(-c3ccc(C)cc3)c2C)cc1. The van der Waals surface area contributed by atoms with Gasteiger partial charge in [0, 0.05) is 11.3 Å². The van der Waals surface area contributed by atoms with E-state index in [0.717, 1.165) is 11.4 Å². The van der Waals surface area contributed by atoms with E-state index in [9.17, 15) is 0 Å². The van der Waals surface area contributed by atoms with Gasteiger partial charge in [-0.3, -0.25) is 4.98 Å². The standard InChI is InChI=1S/C22H23N/c1-14-6-10-19(11-7-14)21-16(3)18(5)23-22(17(21)4)20-12-8-15(2)9-13-20/h6-13H,1-5H3. The number of hydrogen-bond donors (Lipinski definition) is 0. The molecular weight excluding hydrogens is 278 g/mol. The monoisotopic (exact) mass is 301 g/mol. The third kappa shape index (κ3) is 2.92. The lowest BCUT2D eigenvalue weighted by atomic mass is 9.91. The average molecular weight is 301 g/mol. The smallest absolute Gasteiger partial charge is 0.0740 e. The van der Waals surface area contributed by atoms with Crippen LogP contribution < -0.4 is 0 Å². The molecular formula is C22H23N. The van der Waals surface area contributed by atoms with E-state index in [1.165, 1.54) is 38.9 Å². The Labute approximate surface area is 139 Å². The zero-order valence-corrected chi connectivity index (χ0v) is 14.6. The Morgan fingerprint density at radius 1 is 0.565 bits per heavy atom. The number of pyridine rings is 1. The van der Waals surface area contributed by atoms with Crippen molar-refractivity contribution in [2.75, 3.05) is 0 Å². The van der Waals surface area contributed by atoms with Gasteiger partial charge in [0.25, 0.3) is 0 Å². The summed E-state index contributed by atoms with van der Waals surface area (Å²) in [5.41, 5.74) is 11.0. The molecule has 23 heavy (non-hydrogen) atoms. The molecule has 3 aromatic rings. The highest BCUT2D eigenvalue weighted by Gasteiger charge is 2.15. The topological polar surface area (TPSA) is 12.9 Å². The van der Waals surface area contributed by atoms with E-state index < -0.39 is 0 Å². The minimum atomic E-state index is 1.09. The minimum absolute atomic E-state index is 1.09. The van der Waals surface area contributed by atoms with Crippen molar-refractivity contribution in [1.29, 1.82) is 0 Å². The molecule has 0 aliphatic rings. The Morgan fingerprint density at radius 3 is 1.57 bits per heavy atom. The zero-order valence-electron chi connectivity index (χ0n) is 14.6. The summed E-state index contributed by atoms with van der Waals surface area (Å²) in [7, 11) is 0. The number of aromatic nitrogens is 1. The van der Waals surface area contributed by atoms with Crippen LogP contribution in [0.5, 0.6) is 0 Å². The second kappa shape index (κ2) is 6.00. The molecule has 0 saturated carbocycles. The highest BCUT2D eigenvalue weighted by atomic mass is 14.7. The van der Waals surface area contributed by atoms with E-state index in [1.54, 1.807) is 0 Å². The van der Waals surface area contributed by atoms with Crippen molar-refractivity contribution in [2.24, 2.45) is 0 Å². The quantitative estimate of drug-likeness (QED) is 0.569. The fraction of sp³-hybridized carbons (Fsp3) is 0.227. The van der Waals surface area contributed by atoms with Crippen LogP contribution in [0, 0.1) is 34.6 Å². The lowest BCUT2D eigenvalue weighted by Crippen LogP contribution is -2.00. The second-order valence-corrected chi connectivity index (χ2v) is 6.40. The summed E-state index contributed by atoms with van der Waals surface area (Å²) in [5, 5.41) is 0. The maximum absolute atomic E-state index is 4.88. The molecule has 1 heteroatoms. The molecule has 0 atom stereocenters. The van der Waals surface area contributed by atoms with Crippen LogP contribution in [0.1, 0.15) is 27.9 Å². The Bertz CT molecular complexity index is 841. The number of aryl methyl sites for hydroxylation is 3. The van der Waals surface area contributed by atoms with Gasteiger partial charge in [-0.2, -0.15) is 0 Å². The minimum Gasteiger partial charge on any atom is -0.253 e. The average Bonchev–Trinajstić information content (AvgIpc) is 2.54. The highest BCUT2D eigenvalue weighted by molar-refractivity contribution is 5.79. The molecule has 0 fully saturated rings. The van der Waals surface area contributed by atoms with Crippen LogP contribution in [-0.2, 0) is 0 Å². The van der Waals surface area contributed by atoms with Gasteiger partial charge in [-0.15, -0.1) is 0 Å². The van der Waals surface area contributed by atoms with Gasteiger partial charge in [0.15, 0.2) is 0 Å². The molecule has 0 spiro atoms. The number of benzene rings is 2. The van der Waals surface area contributed by atoms with Gasteiger partial charge in [-0.25, -0.2) is 0 Å². The summed E-state index contributed by atoms with van der Waals surface area (Å²) in [6.45, 7) is 10.7. The molecule has 0 unspecified atom stereocenters. The number of rotatable bonds is 2. The van der Waals surface area contributed by atoms with Crippen LogP contribution in [0.25, 0.3) is 22.4 Å². The van der Waals surface area contributed by atoms with E-state index in [-0.39, 0.29) is 0 Å². The molecule has 1 heterocycles. The molecule has 0 amide bonds. The van der Waals surface area contributed by atoms with Gasteiger partial charge in [0.2, 0.25) is 0 Å². The Morgan fingerprint density at radius 2 is 1.04 bits per heavy atom. The van der Waals surface area contributed by atoms with E-state index in [2.05, 4.69) is 83.1 Å². The van der Waals surface area contributed by atoms with Crippen molar-refractivity contribution in [2.45, 2.75) is 34.6 Å². The molecule has 0 aliphatic carbocycles. The van der Waals surface area contributed by atoms with Crippen molar-refractivity contribution >= 4 is 0 Å². The predicted molar refractivity (Wildman–Crippen MR) is 98.8 cm³/mol. The van der Waals surface area contributed by atoms with Gasteiger partial charge in [-0.05, 0) is 56.9 Å². The molecule has 0 aliphatic heterocycles. The van der Waals surface area contributed by atoms with Gasteiger partial charge >= 0.3 is 0 Å². The Kier molecular flexibility index (Phi) is 4.04. The van der Waals surface area contributed by atoms with Crippen molar-refractivity contribution in [3.8, 4) is 22.4 Å². The van der Waals surface area contributed by atoms with E-state index in [4.69, 9.17) is 4.98 Å². The Balaban J connectivity index is 2.24. The van der Waals surface area contributed by atoms with E-state index >= 15 is 0 Å². The van der Waals surface area contributed by atoms with Crippen molar-refractivity contribution in [3.05, 3.63) is 76.5 Å². The van der Waals surface area contributed by atoms with Crippen LogP contribution in [0.15, 0.2) is 48.5 Å². The summed E-state index contributed by atoms with van der Waals surface area (Å²) < 4.78 is 0. The van der Waals surface area contributed by atoms with Gasteiger partial charge in [0.1, 0.15) is 0 Å². The highest BCUT2D eigenvalue weighted by Crippen LogP contribution is 2.34. The van der Waals surface area contributed by atoms with Crippen molar-refractivity contribution in [3.63, 3.8) is 0 Å². The fourth-order valence-corrected chi connectivity index (χ4v) is 3.06. The van der Waals surface area contributed by atoms with Crippen LogP contribution in [-0.4, -0.2) is 4.98 Å². The first-order valence-corrected chi connectivity index (χ1v) is 8.09. The molecule has 2 aromatic carbocycles. The van der Waals surface area contributed by atoms with Crippen LogP contribution >= 0.6 is 0 Å². The maximum atomic E-state index is 4.88. The molecule has 0 bridgehead atoms. The fourth-order valence-electron chi connectivity index (χ4n) is 3.06. The third-order valence-corrected chi connectivity index (χ3v) is 4.59. The Hall–Kier alpha value is -2.41. The summed E-state index contributed by atoms with van der Waals surface area (Å²) in [4.78, 5) is 4.88. The van der Waals surface area contributed by atoms with Crippen LogP contribution in [0.3, 0.4) is 0 Å². The summed E-state index contributed by atoms with van der Waals surface area (Å²) in [6, 6.07) is 17.4. The first-order valence-electron chi connectivity index (χ1n) is 8.09. The van der Waals surface area contributed by atoms with Gasteiger partial charge in [0.05, 0.1) is 5.69 Å². The summed E-state index contributed by atoms with van der Waals surface area (Å²) in [5.74, 6) is 0. The first-order chi connectivity index (χ1) is 11.0. The lowest BCUT2D eigenvalue weighted by molar-refractivity contribution is 1.13. The predicted octanol–water partition coefficient (Wildman–Crippen LogP) is 5.96. The normalized spacial score (nSPS) is 10.8. The van der Waals surface area contributed by atoms with Crippen molar-refractivity contribution < 1.29 is 0 Å². The molecule has 1 nitrogen and oxygen atoms in total. The summed E-state index contributed by atoms with van der Waals surface area (Å²) in [6.07, 6.45) is 0. The van der Waals surface area contributed by atoms with Gasteiger partial charge in [-0.1, -0.05) is 59.7 Å². The molecule has 116 valence electrons. The second-order valence-electron chi connectivity index (χ2n) is 6.40. The van der Waals surface area contributed by atoms with Crippen LogP contribution in [0.2, 0.25) is 0 Å². The number of hydrogen-bond acceptors (Lipinski definition) is 1. The van der Waals surface area contributed by atoms with E-state index in [1.807, 2.05) is 0 Å². The molecule has 3 rings (SSSR count).